The molecular formula is C19H27FN2OS. The van der Waals surface area contributed by atoms with E-state index in [0.29, 0.717) is 12.6 Å². The van der Waals surface area contributed by atoms with E-state index in [0.717, 1.165) is 37.1 Å². The summed E-state index contributed by atoms with van der Waals surface area (Å²) in [5.74, 6) is 0.725. The van der Waals surface area contributed by atoms with Crippen LogP contribution in [0.4, 0.5) is 9.18 Å². The molecule has 3 nitrogen and oxygen atoms in total. The molecule has 2 amide bonds. The summed E-state index contributed by atoms with van der Waals surface area (Å²) in [6.45, 7) is 1.44. The topological polar surface area (TPSA) is 32.3 Å². The summed E-state index contributed by atoms with van der Waals surface area (Å²) in [7, 11) is 0. The Morgan fingerprint density at radius 1 is 1.08 bits per heavy atom. The summed E-state index contributed by atoms with van der Waals surface area (Å²) in [5.41, 5.74) is 0.772. The number of halogens is 1. The molecule has 1 atom stereocenters. The number of urea groups is 1. The Kier molecular flexibility index (Phi) is 6.41. The second kappa shape index (κ2) is 8.75. The van der Waals surface area contributed by atoms with Crippen molar-refractivity contribution in [3.05, 3.63) is 35.6 Å². The number of carbonyl (C=O) groups excluding carboxylic acids is 1. The normalized spacial score (nSPS) is 23.4. The van der Waals surface area contributed by atoms with Gasteiger partial charge in [-0.25, -0.2) is 9.18 Å². The van der Waals surface area contributed by atoms with Crippen LogP contribution in [-0.4, -0.2) is 35.8 Å². The molecule has 1 unspecified atom stereocenters. The molecule has 1 N–H and O–H groups in total. The van der Waals surface area contributed by atoms with Crippen molar-refractivity contribution in [3.63, 3.8) is 0 Å². The van der Waals surface area contributed by atoms with Gasteiger partial charge in [0.25, 0.3) is 0 Å². The Morgan fingerprint density at radius 3 is 2.58 bits per heavy atom. The molecule has 1 aliphatic heterocycles. The molecule has 2 fully saturated rings. The largest absolute Gasteiger partial charge is 0.335 e. The third-order valence-corrected chi connectivity index (χ3v) is 6.37. The van der Waals surface area contributed by atoms with Gasteiger partial charge in [-0.2, -0.15) is 11.8 Å². The molecule has 1 aromatic rings. The van der Waals surface area contributed by atoms with E-state index in [1.807, 2.05) is 17.0 Å². The fourth-order valence-electron chi connectivity index (χ4n) is 3.65. The Labute approximate surface area is 148 Å². The first kappa shape index (κ1) is 17.6. The average molecular weight is 351 g/mol. The minimum atomic E-state index is -0.133. The van der Waals surface area contributed by atoms with Crippen molar-refractivity contribution >= 4 is 17.8 Å². The van der Waals surface area contributed by atoms with Crippen LogP contribution in [0.3, 0.4) is 0 Å². The van der Waals surface area contributed by atoms with Gasteiger partial charge in [-0.3, -0.25) is 0 Å². The van der Waals surface area contributed by atoms with Crippen LogP contribution in [-0.2, 0) is 0 Å². The van der Waals surface area contributed by atoms with Gasteiger partial charge in [-0.15, -0.1) is 0 Å². The molecule has 24 heavy (non-hydrogen) atoms. The quantitative estimate of drug-likeness (QED) is 0.782. The lowest BCUT2D eigenvalue weighted by Crippen LogP contribution is -2.45. The van der Waals surface area contributed by atoms with Gasteiger partial charge in [-0.05, 0) is 25.3 Å². The predicted octanol–water partition coefficient (Wildman–Crippen LogP) is 4.74. The first-order valence-corrected chi connectivity index (χ1v) is 10.2. The first-order chi connectivity index (χ1) is 11.7. The van der Waals surface area contributed by atoms with Crippen molar-refractivity contribution < 1.29 is 9.18 Å². The Bertz CT molecular complexity index is 546. The summed E-state index contributed by atoms with van der Waals surface area (Å²) >= 11 is 1.76. The number of thioether (sulfide) groups is 1. The number of nitrogens with zero attached hydrogens (tertiary/aromatic N) is 1. The monoisotopic (exact) mass is 350 g/mol. The molecule has 1 aromatic carbocycles. The zero-order valence-electron chi connectivity index (χ0n) is 14.2. The van der Waals surface area contributed by atoms with Gasteiger partial charge in [0.1, 0.15) is 5.82 Å². The fraction of sp³-hybridized carbons (Fsp3) is 0.632. The molecule has 0 radical (unpaired) electrons. The first-order valence-electron chi connectivity index (χ1n) is 9.15. The number of benzene rings is 1. The molecule has 0 bridgehead atoms. The predicted molar refractivity (Wildman–Crippen MR) is 97.8 cm³/mol. The molecule has 5 heteroatoms. The Morgan fingerprint density at radius 2 is 1.83 bits per heavy atom. The van der Waals surface area contributed by atoms with Crippen molar-refractivity contribution in [3.8, 4) is 0 Å². The maximum atomic E-state index is 14.0. The summed E-state index contributed by atoms with van der Waals surface area (Å²) in [6.07, 6.45) is 8.03. The van der Waals surface area contributed by atoms with E-state index in [2.05, 4.69) is 5.32 Å². The highest BCUT2D eigenvalue weighted by Gasteiger charge is 2.25. The summed E-state index contributed by atoms with van der Waals surface area (Å²) in [6, 6.07) is 7.41. The Balaban J connectivity index is 1.55. The maximum Gasteiger partial charge on any atom is 0.317 e. The van der Waals surface area contributed by atoms with Crippen molar-refractivity contribution in [1.82, 2.24) is 10.2 Å². The van der Waals surface area contributed by atoms with Gasteiger partial charge in [0, 0.05) is 35.7 Å². The summed E-state index contributed by atoms with van der Waals surface area (Å²) in [5, 5.41) is 3.37. The van der Waals surface area contributed by atoms with Crippen LogP contribution in [0.2, 0.25) is 0 Å². The van der Waals surface area contributed by atoms with Crippen LogP contribution < -0.4 is 5.32 Å². The molecule has 132 valence electrons. The van der Waals surface area contributed by atoms with Crippen LogP contribution in [0.25, 0.3) is 0 Å². The van der Waals surface area contributed by atoms with Crippen molar-refractivity contribution in [2.75, 3.05) is 18.8 Å². The molecule has 0 spiro atoms. The van der Waals surface area contributed by atoms with E-state index in [4.69, 9.17) is 0 Å². The highest BCUT2D eigenvalue weighted by atomic mass is 32.2. The number of hydrogen-bond donors (Lipinski definition) is 1. The standard InChI is InChI=1S/C19H27FN2OS/c20-17-10-6-5-9-16(17)18-11-12-22(13-14-24-18)19(23)21-15-7-3-1-2-4-8-15/h5-6,9-10,15,18H,1-4,7-8,11-14H2,(H,21,23). The van der Waals surface area contributed by atoms with Crippen LogP contribution in [0, 0.1) is 5.82 Å². The second-order valence-electron chi connectivity index (χ2n) is 6.79. The van der Waals surface area contributed by atoms with Crippen molar-refractivity contribution in [2.45, 2.75) is 56.2 Å². The average Bonchev–Trinajstić information content (AvgIpc) is 2.98. The van der Waals surface area contributed by atoms with Crippen molar-refractivity contribution in [2.24, 2.45) is 0 Å². The lowest BCUT2D eigenvalue weighted by Gasteiger charge is -2.24. The highest BCUT2D eigenvalue weighted by molar-refractivity contribution is 7.99. The maximum absolute atomic E-state index is 14.0. The minimum absolute atomic E-state index is 0.0664. The van der Waals surface area contributed by atoms with Gasteiger partial charge in [0.2, 0.25) is 0 Å². The van der Waals surface area contributed by atoms with Gasteiger partial charge in [-0.1, -0.05) is 43.9 Å². The van der Waals surface area contributed by atoms with Gasteiger partial charge >= 0.3 is 6.03 Å². The van der Waals surface area contributed by atoms with E-state index in [1.54, 1.807) is 17.8 Å². The molecule has 3 rings (SSSR count). The van der Waals surface area contributed by atoms with Gasteiger partial charge in [0.05, 0.1) is 0 Å². The number of carbonyl (C=O) groups is 1. The number of hydrogen-bond acceptors (Lipinski definition) is 2. The van der Waals surface area contributed by atoms with Gasteiger partial charge in [0.15, 0.2) is 0 Å². The zero-order chi connectivity index (χ0) is 16.8. The molecule has 1 heterocycles. The SMILES string of the molecule is O=C(NC1CCCCCC1)N1CCSC(c2ccccc2F)CC1. The Hall–Kier alpha value is -1.23. The fourth-order valence-corrected chi connectivity index (χ4v) is 4.90. The van der Waals surface area contributed by atoms with E-state index >= 15 is 0 Å². The van der Waals surface area contributed by atoms with E-state index in [9.17, 15) is 9.18 Å². The molecule has 1 saturated carbocycles. The van der Waals surface area contributed by atoms with Crippen LogP contribution in [0.15, 0.2) is 24.3 Å². The van der Waals surface area contributed by atoms with Crippen molar-refractivity contribution in [1.29, 1.82) is 0 Å². The second-order valence-corrected chi connectivity index (χ2v) is 8.11. The van der Waals surface area contributed by atoms with Crippen LogP contribution in [0.5, 0.6) is 0 Å². The molecule has 0 aromatic heterocycles. The molecule has 2 aliphatic rings. The van der Waals surface area contributed by atoms with E-state index in [-0.39, 0.29) is 17.1 Å². The van der Waals surface area contributed by atoms with Gasteiger partial charge < -0.3 is 10.2 Å². The zero-order valence-corrected chi connectivity index (χ0v) is 15.0. The van der Waals surface area contributed by atoms with E-state index in [1.165, 1.54) is 31.7 Å². The van der Waals surface area contributed by atoms with E-state index < -0.39 is 0 Å². The lowest BCUT2D eigenvalue weighted by atomic mass is 10.1. The van der Waals surface area contributed by atoms with Crippen LogP contribution >= 0.6 is 11.8 Å². The number of nitrogens with one attached hydrogen (secondary N) is 1. The molecule has 1 aliphatic carbocycles. The highest BCUT2D eigenvalue weighted by Crippen LogP contribution is 2.35. The summed E-state index contributed by atoms with van der Waals surface area (Å²) < 4.78 is 14.0. The third kappa shape index (κ3) is 4.65. The molecule has 1 saturated heterocycles. The van der Waals surface area contributed by atoms with Crippen LogP contribution in [0.1, 0.15) is 55.8 Å². The summed E-state index contributed by atoms with van der Waals surface area (Å²) in [4.78, 5) is 14.5. The molecular weight excluding hydrogens is 323 g/mol. The number of amides is 2. The minimum Gasteiger partial charge on any atom is -0.335 e. The lowest BCUT2D eigenvalue weighted by molar-refractivity contribution is 0.195. The number of rotatable bonds is 2. The third-order valence-electron chi connectivity index (χ3n) is 5.06. The smallest absolute Gasteiger partial charge is 0.317 e.